The third-order valence-electron chi connectivity index (χ3n) is 2.53. The molecule has 0 aliphatic heterocycles. The highest BCUT2D eigenvalue weighted by atomic mass is 16.5. The van der Waals surface area contributed by atoms with Crippen LogP contribution in [0.15, 0.2) is 6.07 Å². The maximum atomic E-state index is 12.0. The molecule has 4 N–H and O–H groups in total. The van der Waals surface area contributed by atoms with Gasteiger partial charge in [-0.1, -0.05) is 0 Å². The predicted molar refractivity (Wildman–Crippen MR) is 70.8 cm³/mol. The highest BCUT2D eigenvalue weighted by molar-refractivity contribution is 6.05. The molecule has 0 saturated carbocycles. The van der Waals surface area contributed by atoms with Gasteiger partial charge >= 0.3 is 0 Å². The van der Waals surface area contributed by atoms with Crippen LogP contribution in [0, 0.1) is 6.92 Å². The van der Waals surface area contributed by atoms with Gasteiger partial charge in [0.25, 0.3) is 5.91 Å². The summed E-state index contributed by atoms with van der Waals surface area (Å²) in [7, 11) is 2.89. The van der Waals surface area contributed by atoms with Gasteiger partial charge in [0.1, 0.15) is 0 Å². The smallest absolute Gasteiger partial charge is 0.280 e. The Hall–Kier alpha value is -2.84. The summed E-state index contributed by atoms with van der Waals surface area (Å²) in [6.45, 7) is 1.71. The van der Waals surface area contributed by atoms with E-state index in [1.54, 1.807) is 6.92 Å². The molecule has 2 rings (SSSR count). The molecule has 0 bridgehead atoms. The molecule has 0 fully saturated rings. The summed E-state index contributed by atoms with van der Waals surface area (Å²) in [5, 5.41) is 8.92. The lowest BCUT2D eigenvalue weighted by Crippen LogP contribution is -2.16. The summed E-state index contributed by atoms with van der Waals surface area (Å²) in [5.41, 5.74) is 6.69. The van der Waals surface area contributed by atoms with Crippen LogP contribution in [0.1, 0.15) is 16.2 Å². The zero-order valence-electron chi connectivity index (χ0n) is 11.2. The van der Waals surface area contributed by atoms with Gasteiger partial charge < -0.3 is 15.2 Å². The van der Waals surface area contributed by atoms with E-state index in [-0.39, 0.29) is 29.1 Å². The highest BCUT2D eigenvalue weighted by Crippen LogP contribution is 2.19. The number of nitrogen functional groups attached to an aromatic ring is 1. The first-order chi connectivity index (χ1) is 9.55. The topological polar surface area (TPSA) is 128 Å². The third kappa shape index (κ3) is 2.60. The van der Waals surface area contributed by atoms with Crippen LogP contribution < -0.4 is 20.5 Å². The van der Waals surface area contributed by atoms with Gasteiger partial charge in [-0.2, -0.15) is 15.1 Å². The molecule has 0 unspecified atom stereocenters. The number of aryl methyl sites for hydroxylation is 1. The average molecular weight is 278 g/mol. The standard InChI is InChI=1S/C11H14N6O3/c1-5-8(12)9(17-16-5)10(18)15-11-13-6(19-2)4-7(14-11)20-3/h4H,12H2,1-3H3,(H,16,17)(H,13,14,15,18). The van der Waals surface area contributed by atoms with Crippen LogP contribution in [0.3, 0.4) is 0 Å². The van der Waals surface area contributed by atoms with Crippen molar-refractivity contribution >= 4 is 17.5 Å². The second-order valence-corrected chi connectivity index (χ2v) is 3.84. The second-order valence-electron chi connectivity index (χ2n) is 3.84. The van der Waals surface area contributed by atoms with Crippen molar-refractivity contribution in [3.8, 4) is 11.8 Å². The number of nitrogens with zero attached hydrogens (tertiary/aromatic N) is 3. The summed E-state index contributed by atoms with van der Waals surface area (Å²) < 4.78 is 9.97. The first kappa shape index (κ1) is 13.6. The van der Waals surface area contributed by atoms with Crippen molar-refractivity contribution in [1.82, 2.24) is 20.2 Å². The average Bonchev–Trinajstić information content (AvgIpc) is 2.78. The van der Waals surface area contributed by atoms with Crippen LogP contribution in [-0.4, -0.2) is 40.3 Å². The Morgan fingerprint density at radius 3 is 2.35 bits per heavy atom. The molecule has 0 aromatic carbocycles. The third-order valence-corrected chi connectivity index (χ3v) is 2.53. The molecule has 0 aliphatic carbocycles. The molecule has 0 radical (unpaired) electrons. The largest absolute Gasteiger partial charge is 0.481 e. The number of carbonyl (C=O) groups excluding carboxylic acids is 1. The summed E-state index contributed by atoms with van der Waals surface area (Å²) in [6, 6.07) is 1.49. The molecule has 20 heavy (non-hydrogen) atoms. The van der Waals surface area contributed by atoms with E-state index < -0.39 is 5.91 Å². The van der Waals surface area contributed by atoms with Crippen LogP contribution in [0.4, 0.5) is 11.6 Å². The van der Waals surface area contributed by atoms with Crippen LogP contribution in [0.2, 0.25) is 0 Å². The first-order valence-corrected chi connectivity index (χ1v) is 5.64. The van der Waals surface area contributed by atoms with Gasteiger partial charge in [-0.3, -0.25) is 15.2 Å². The molecule has 0 saturated heterocycles. The predicted octanol–water partition coefficient (Wildman–Crippen LogP) is 0.360. The van der Waals surface area contributed by atoms with Gasteiger partial charge in [-0.05, 0) is 6.92 Å². The summed E-state index contributed by atoms with van der Waals surface area (Å²) in [5.74, 6) is 0.0325. The van der Waals surface area contributed by atoms with E-state index in [2.05, 4.69) is 25.5 Å². The molecular formula is C11H14N6O3. The van der Waals surface area contributed by atoms with E-state index in [1.807, 2.05) is 0 Å². The maximum absolute atomic E-state index is 12.0. The van der Waals surface area contributed by atoms with Gasteiger partial charge in [-0.15, -0.1) is 0 Å². The summed E-state index contributed by atoms with van der Waals surface area (Å²) in [6.07, 6.45) is 0. The maximum Gasteiger partial charge on any atom is 0.280 e. The minimum absolute atomic E-state index is 0.0336. The zero-order valence-corrected chi connectivity index (χ0v) is 11.2. The van der Waals surface area contributed by atoms with Crippen molar-refractivity contribution in [2.24, 2.45) is 0 Å². The van der Waals surface area contributed by atoms with E-state index in [0.717, 1.165) is 0 Å². The van der Waals surface area contributed by atoms with Gasteiger partial charge in [-0.25, -0.2) is 0 Å². The molecule has 106 valence electrons. The minimum atomic E-state index is -0.526. The van der Waals surface area contributed by atoms with Crippen LogP contribution in [0.25, 0.3) is 0 Å². The van der Waals surface area contributed by atoms with Crippen LogP contribution in [0.5, 0.6) is 11.8 Å². The molecule has 2 aromatic heterocycles. The number of hydrogen-bond donors (Lipinski definition) is 3. The molecule has 1 amide bonds. The summed E-state index contributed by atoms with van der Waals surface area (Å²) >= 11 is 0. The first-order valence-electron chi connectivity index (χ1n) is 5.64. The quantitative estimate of drug-likeness (QED) is 0.736. The number of nitrogens with one attached hydrogen (secondary N) is 2. The van der Waals surface area contributed by atoms with Gasteiger partial charge in [0.2, 0.25) is 17.7 Å². The number of H-pyrrole nitrogens is 1. The van der Waals surface area contributed by atoms with Gasteiger partial charge in [0.05, 0.1) is 31.7 Å². The van der Waals surface area contributed by atoms with Gasteiger partial charge in [0.15, 0.2) is 5.69 Å². The number of anilines is 2. The molecular weight excluding hydrogens is 264 g/mol. The molecule has 0 aliphatic rings. The molecule has 0 atom stereocenters. The van der Waals surface area contributed by atoms with E-state index in [0.29, 0.717) is 5.69 Å². The van der Waals surface area contributed by atoms with Crippen molar-refractivity contribution in [2.45, 2.75) is 6.92 Å². The lowest BCUT2D eigenvalue weighted by Gasteiger charge is -2.06. The lowest BCUT2D eigenvalue weighted by molar-refractivity contribution is 0.102. The highest BCUT2D eigenvalue weighted by Gasteiger charge is 2.17. The van der Waals surface area contributed by atoms with Crippen molar-refractivity contribution < 1.29 is 14.3 Å². The molecule has 0 spiro atoms. The lowest BCUT2D eigenvalue weighted by atomic mass is 10.3. The fraction of sp³-hybridized carbons (Fsp3) is 0.273. The van der Waals surface area contributed by atoms with E-state index in [1.165, 1.54) is 20.3 Å². The Bertz CT molecular complexity index is 617. The van der Waals surface area contributed by atoms with Crippen LogP contribution in [-0.2, 0) is 0 Å². The van der Waals surface area contributed by atoms with Crippen molar-refractivity contribution in [3.63, 3.8) is 0 Å². The number of nitrogens with two attached hydrogens (primary N) is 1. The molecule has 9 heteroatoms. The number of rotatable bonds is 4. The van der Waals surface area contributed by atoms with E-state index >= 15 is 0 Å². The number of carbonyl (C=O) groups is 1. The zero-order chi connectivity index (χ0) is 14.7. The Morgan fingerprint density at radius 1 is 1.30 bits per heavy atom. The number of amides is 1. The van der Waals surface area contributed by atoms with Crippen molar-refractivity contribution in [2.75, 3.05) is 25.3 Å². The number of aromatic nitrogens is 4. The van der Waals surface area contributed by atoms with Crippen LogP contribution >= 0.6 is 0 Å². The van der Waals surface area contributed by atoms with Crippen molar-refractivity contribution in [1.29, 1.82) is 0 Å². The second kappa shape index (κ2) is 5.43. The SMILES string of the molecule is COc1cc(OC)nc(NC(=O)c2n[nH]c(C)c2N)n1. The van der Waals surface area contributed by atoms with Crippen molar-refractivity contribution in [3.05, 3.63) is 17.5 Å². The Balaban J connectivity index is 2.25. The monoisotopic (exact) mass is 278 g/mol. The fourth-order valence-electron chi connectivity index (χ4n) is 1.44. The van der Waals surface area contributed by atoms with E-state index in [9.17, 15) is 4.79 Å². The normalized spacial score (nSPS) is 10.2. The molecule has 2 heterocycles. The number of aromatic amines is 1. The molecule has 9 nitrogen and oxygen atoms in total. The number of hydrogen-bond acceptors (Lipinski definition) is 7. The Labute approximate surface area is 114 Å². The minimum Gasteiger partial charge on any atom is -0.481 e. The molecule has 2 aromatic rings. The van der Waals surface area contributed by atoms with E-state index in [4.69, 9.17) is 15.2 Å². The Kier molecular flexibility index (Phi) is 3.69. The number of ether oxygens (including phenoxy) is 2. The summed E-state index contributed by atoms with van der Waals surface area (Å²) in [4.78, 5) is 20.0. The fourth-order valence-corrected chi connectivity index (χ4v) is 1.44. The van der Waals surface area contributed by atoms with Gasteiger partial charge in [0, 0.05) is 0 Å². The Morgan fingerprint density at radius 2 is 1.90 bits per heavy atom. The number of methoxy groups -OCH3 is 2.